The normalized spacial score (nSPS) is 15.0. The molecule has 1 aliphatic heterocycles. The molecular formula is C25H32N2O6. The van der Waals surface area contributed by atoms with Crippen LogP contribution >= 0.6 is 0 Å². The minimum atomic E-state index is -1.82. The Morgan fingerprint density at radius 3 is 2.15 bits per heavy atom. The van der Waals surface area contributed by atoms with Crippen molar-refractivity contribution in [2.75, 3.05) is 19.7 Å². The summed E-state index contributed by atoms with van der Waals surface area (Å²) in [6.07, 6.45) is 1.81. The van der Waals surface area contributed by atoms with E-state index in [9.17, 15) is 4.79 Å². The Labute approximate surface area is 194 Å². The van der Waals surface area contributed by atoms with E-state index in [0.717, 1.165) is 43.8 Å². The number of nitrogens with zero attached hydrogens (tertiary/aromatic N) is 1. The molecule has 2 aromatic carbocycles. The molecule has 1 amide bonds. The lowest BCUT2D eigenvalue weighted by Gasteiger charge is -2.32. The Balaban J connectivity index is 0.000000569. The molecule has 178 valence electrons. The van der Waals surface area contributed by atoms with E-state index in [-0.39, 0.29) is 17.9 Å². The van der Waals surface area contributed by atoms with Gasteiger partial charge < -0.3 is 20.3 Å². The maximum atomic E-state index is 12.6. The van der Waals surface area contributed by atoms with E-state index in [1.54, 1.807) is 0 Å². The molecule has 0 bridgehead atoms. The number of ether oxygens (including phenoxy) is 1. The number of carboxylic acids is 2. The van der Waals surface area contributed by atoms with Gasteiger partial charge in [0.2, 0.25) is 5.91 Å². The van der Waals surface area contributed by atoms with Crippen LogP contribution in [0.5, 0.6) is 5.75 Å². The number of likely N-dealkylation sites (tertiary alicyclic amines) is 1. The van der Waals surface area contributed by atoms with Crippen LogP contribution < -0.4 is 10.1 Å². The third-order valence-electron chi connectivity index (χ3n) is 5.47. The summed E-state index contributed by atoms with van der Waals surface area (Å²) in [6, 6.07) is 18.4. The van der Waals surface area contributed by atoms with Crippen molar-refractivity contribution in [2.24, 2.45) is 5.92 Å². The first kappa shape index (κ1) is 25.9. The summed E-state index contributed by atoms with van der Waals surface area (Å²) in [5.74, 6) is -2.39. The number of para-hydroxylation sites is 1. The van der Waals surface area contributed by atoms with Gasteiger partial charge in [0.15, 0.2) is 0 Å². The molecule has 0 saturated carbocycles. The second kappa shape index (κ2) is 13.2. The van der Waals surface area contributed by atoms with E-state index in [2.05, 4.69) is 34.5 Å². The van der Waals surface area contributed by atoms with Gasteiger partial charge in [-0.1, -0.05) is 48.5 Å². The molecule has 1 aliphatic rings. The van der Waals surface area contributed by atoms with Crippen molar-refractivity contribution >= 4 is 17.8 Å². The number of carbonyl (C=O) groups excluding carboxylic acids is 1. The summed E-state index contributed by atoms with van der Waals surface area (Å²) in [5.41, 5.74) is 2.37. The van der Waals surface area contributed by atoms with Crippen LogP contribution in [0, 0.1) is 5.92 Å². The molecule has 3 N–H and O–H groups in total. The lowest BCUT2D eigenvalue weighted by atomic mass is 9.94. The van der Waals surface area contributed by atoms with Gasteiger partial charge in [-0.15, -0.1) is 0 Å². The predicted molar refractivity (Wildman–Crippen MR) is 124 cm³/mol. The van der Waals surface area contributed by atoms with Gasteiger partial charge in [0.05, 0.1) is 12.6 Å². The van der Waals surface area contributed by atoms with Gasteiger partial charge >= 0.3 is 11.9 Å². The summed E-state index contributed by atoms with van der Waals surface area (Å²) in [5, 5.41) is 18.0. The SMILES string of the molecule is CCOc1ccccc1CN1CCC(C(=O)NC(C)c2ccccc2)CC1.O=C(O)C(=O)O. The number of piperidine rings is 1. The lowest BCUT2D eigenvalue weighted by molar-refractivity contribution is -0.159. The average molecular weight is 457 g/mol. The summed E-state index contributed by atoms with van der Waals surface area (Å²) in [6.45, 7) is 7.50. The van der Waals surface area contributed by atoms with E-state index in [0.29, 0.717) is 6.61 Å². The van der Waals surface area contributed by atoms with Crippen molar-refractivity contribution in [1.82, 2.24) is 10.2 Å². The van der Waals surface area contributed by atoms with Gasteiger partial charge in [-0.05, 0) is 51.4 Å². The number of benzene rings is 2. The molecule has 1 saturated heterocycles. The minimum absolute atomic E-state index is 0.0507. The molecule has 1 fully saturated rings. The highest BCUT2D eigenvalue weighted by Gasteiger charge is 2.26. The van der Waals surface area contributed by atoms with Crippen molar-refractivity contribution in [1.29, 1.82) is 0 Å². The van der Waals surface area contributed by atoms with E-state index in [1.807, 2.05) is 44.2 Å². The third-order valence-corrected chi connectivity index (χ3v) is 5.47. The molecule has 33 heavy (non-hydrogen) atoms. The van der Waals surface area contributed by atoms with Crippen molar-refractivity contribution < 1.29 is 29.3 Å². The highest BCUT2D eigenvalue weighted by Crippen LogP contribution is 2.24. The maximum absolute atomic E-state index is 12.6. The monoisotopic (exact) mass is 456 g/mol. The molecule has 0 aliphatic carbocycles. The van der Waals surface area contributed by atoms with Gasteiger partial charge in [-0.2, -0.15) is 0 Å². The fourth-order valence-electron chi connectivity index (χ4n) is 3.68. The first-order valence-corrected chi connectivity index (χ1v) is 11.1. The summed E-state index contributed by atoms with van der Waals surface area (Å²) in [4.78, 5) is 33.3. The van der Waals surface area contributed by atoms with Crippen LogP contribution in [0.25, 0.3) is 0 Å². The van der Waals surface area contributed by atoms with Gasteiger partial charge in [-0.25, -0.2) is 9.59 Å². The molecule has 2 aromatic rings. The van der Waals surface area contributed by atoms with Crippen LogP contribution in [0.1, 0.15) is 43.9 Å². The summed E-state index contributed by atoms with van der Waals surface area (Å²) in [7, 11) is 0. The second-order valence-corrected chi connectivity index (χ2v) is 7.84. The molecule has 3 rings (SSSR count). The molecule has 1 unspecified atom stereocenters. The quantitative estimate of drug-likeness (QED) is 0.547. The van der Waals surface area contributed by atoms with Crippen LogP contribution in [0.4, 0.5) is 0 Å². The van der Waals surface area contributed by atoms with Crippen LogP contribution in [0.15, 0.2) is 54.6 Å². The molecule has 0 spiro atoms. The van der Waals surface area contributed by atoms with Crippen molar-refractivity contribution in [3.8, 4) is 5.75 Å². The zero-order chi connectivity index (χ0) is 24.2. The Morgan fingerprint density at radius 1 is 1.00 bits per heavy atom. The number of hydrogen-bond donors (Lipinski definition) is 3. The fraction of sp³-hybridized carbons (Fsp3) is 0.400. The zero-order valence-electron chi connectivity index (χ0n) is 19.1. The fourth-order valence-corrected chi connectivity index (χ4v) is 3.68. The van der Waals surface area contributed by atoms with Crippen molar-refractivity contribution in [3.63, 3.8) is 0 Å². The summed E-state index contributed by atoms with van der Waals surface area (Å²) >= 11 is 0. The number of aliphatic carboxylic acids is 2. The third kappa shape index (κ3) is 8.57. The molecule has 8 heteroatoms. The molecule has 1 heterocycles. The van der Waals surface area contributed by atoms with Gasteiger partial charge in [0.25, 0.3) is 0 Å². The second-order valence-electron chi connectivity index (χ2n) is 7.84. The van der Waals surface area contributed by atoms with Crippen molar-refractivity contribution in [3.05, 3.63) is 65.7 Å². The van der Waals surface area contributed by atoms with E-state index in [1.165, 1.54) is 5.56 Å². The van der Waals surface area contributed by atoms with Crippen LogP contribution in [0.3, 0.4) is 0 Å². The highest BCUT2D eigenvalue weighted by molar-refractivity contribution is 6.27. The molecule has 1 atom stereocenters. The number of rotatable bonds is 7. The van der Waals surface area contributed by atoms with Gasteiger partial charge in [0.1, 0.15) is 5.75 Å². The average Bonchev–Trinajstić information content (AvgIpc) is 2.82. The molecular weight excluding hydrogens is 424 g/mol. The first-order chi connectivity index (χ1) is 15.8. The predicted octanol–water partition coefficient (Wildman–Crippen LogP) is 3.33. The van der Waals surface area contributed by atoms with Gasteiger partial charge in [0, 0.05) is 18.0 Å². The number of carbonyl (C=O) groups is 3. The first-order valence-electron chi connectivity index (χ1n) is 11.1. The van der Waals surface area contributed by atoms with E-state index in [4.69, 9.17) is 24.5 Å². The molecule has 0 radical (unpaired) electrons. The number of amides is 1. The number of hydrogen-bond acceptors (Lipinski definition) is 5. The van der Waals surface area contributed by atoms with Crippen LogP contribution in [-0.4, -0.2) is 52.7 Å². The smallest absolute Gasteiger partial charge is 0.414 e. The molecule has 8 nitrogen and oxygen atoms in total. The Kier molecular flexibility index (Phi) is 10.4. The molecule has 0 aromatic heterocycles. The van der Waals surface area contributed by atoms with Crippen LogP contribution in [-0.2, 0) is 20.9 Å². The number of carboxylic acid groups (broad SMARTS) is 2. The summed E-state index contributed by atoms with van der Waals surface area (Å²) < 4.78 is 5.73. The minimum Gasteiger partial charge on any atom is -0.494 e. The topological polar surface area (TPSA) is 116 Å². The lowest BCUT2D eigenvalue weighted by Crippen LogP contribution is -2.40. The van der Waals surface area contributed by atoms with E-state index >= 15 is 0 Å². The standard InChI is InChI=1S/C23H30N2O2.C2H2O4/c1-3-27-22-12-8-7-11-21(22)17-25-15-13-20(14-16-25)23(26)24-18(2)19-9-5-4-6-10-19;3-1(4)2(5)6/h4-12,18,20H,3,13-17H2,1-2H3,(H,24,26);(H,3,4)(H,5,6). The number of nitrogens with one attached hydrogen (secondary N) is 1. The zero-order valence-corrected chi connectivity index (χ0v) is 19.1. The Bertz CT molecular complexity index is 898. The van der Waals surface area contributed by atoms with Crippen molar-refractivity contribution in [2.45, 2.75) is 39.3 Å². The largest absolute Gasteiger partial charge is 0.494 e. The maximum Gasteiger partial charge on any atom is 0.414 e. The van der Waals surface area contributed by atoms with E-state index < -0.39 is 11.9 Å². The van der Waals surface area contributed by atoms with Crippen LogP contribution in [0.2, 0.25) is 0 Å². The van der Waals surface area contributed by atoms with Gasteiger partial charge in [-0.3, -0.25) is 9.69 Å². The Morgan fingerprint density at radius 2 is 1.58 bits per heavy atom. The highest BCUT2D eigenvalue weighted by atomic mass is 16.5. The Hall–Kier alpha value is -3.39.